The molecular formula is C38H56N8O6. The highest BCUT2D eigenvalue weighted by molar-refractivity contribution is 6.12. The molecule has 0 aromatic heterocycles. The lowest BCUT2D eigenvalue weighted by molar-refractivity contribution is 0.102. The van der Waals surface area contributed by atoms with E-state index >= 15 is 0 Å². The van der Waals surface area contributed by atoms with Crippen molar-refractivity contribution in [3.05, 3.63) is 70.8 Å². The number of nitrogens with two attached hydrogens (primary N) is 4. The molecule has 2 amide bonds. The number of anilines is 2. The number of nitrogens with zero attached hydrogens (tertiary/aromatic N) is 2. The van der Waals surface area contributed by atoms with Gasteiger partial charge in [-0.25, -0.2) is 9.98 Å². The summed E-state index contributed by atoms with van der Waals surface area (Å²) in [4.78, 5) is 36.2. The van der Waals surface area contributed by atoms with Crippen molar-refractivity contribution in [2.24, 2.45) is 44.8 Å². The van der Waals surface area contributed by atoms with Crippen LogP contribution in [0.2, 0.25) is 0 Å². The lowest BCUT2D eigenvalue weighted by atomic mass is 10.1. The van der Waals surface area contributed by atoms with Crippen LogP contribution in [0.15, 0.2) is 58.5 Å². The third-order valence-electron chi connectivity index (χ3n) is 7.39. The van der Waals surface area contributed by atoms with E-state index < -0.39 is 11.8 Å². The van der Waals surface area contributed by atoms with E-state index in [2.05, 4.69) is 48.3 Å². The summed E-state index contributed by atoms with van der Waals surface area (Å²) < 4.78 is 23.4. The summed E-state index contributed by atoms with van der Waals surface area (Å²) in [5.74, 6) is 0.842. The Balaban J connectivity index is 0.00000460. The number of nitrogens with one attached hydrogen (secondary N) is 2. The molecule has 0 spiro atoms. The molecule has 0 unspecified atom stereocenters. The fourth-order valence-electron chi connectivity index (χ4n) is 4.61. The molecule has 0 atom stereocenters. The summed E-state index contributed by atoms with van der Waals surface area (Å²) >= 11 is 0. The first-order chi connectivity index (χ1) is 24.8. The van der Waals surface area contributed by atoms with Crippen molar-refractivity contribution in [2.45, 2.75) is 67.5 Å². The average molecular weight is 721 g/mol. The largest absolute Gasteiger partial charge is 0.495 e. The molecule has 3 aromatic carbocycles. The van der Waals surface area contributed by atoms with E-state index in [1.807, 2.05) is 13.8 Å². The number of carbonyl (C=O) groups excluding carboxylic acids is 2. The Hall–Kier alpha value is -5.66. The van der Waals surface area contributed by atoms with Crippen LogP contribution in [0, 0.1) is 11.8 Å². The maximum atomic E-state index is 14.1. The van der Waals surface area contributed by atoms with E-state index in [1.54, 1.807) is 42.5 Å². The molecule has 52 heavy (non-hydrogen) atoms. The van der Waals surface area contributed by atoms with Crippen molar-refractivity contribution >= 4 is 35.1 Å². The number of hydrogen-bond acceptors (Lipinski definition) is 8. The van der Waals surface area contributed by atoms with Crippen LogP contribution in [-0.2, 0) is 13.1 Å². The number of methoxy groups -OCH3 is 2. The van der Waals surface area contributed by atoms with Gasteiger partial charge in [0.15, 0.2) is 11.9 Å². The molecule has 0 aliphatic heterocycles. The van der Waals surface area contributed by atoms with Gasteiger partial charge in [0.2, 0.25) is 0 Å². The molecule has 3 rings (SSSR count). The van der Waals surface area contributed by atoms with Gasteiger partial charge in [0, 0.05) is 6.07 Å². The number of aliphatic imine (C=N–C) groups is 2. The predicted molar refractivity (Wildman–Crippen MR) is 209 cm³/mol. The Labute approximate surface area is 307 Å². The second-order valence-corrected chi connectivity index (χ2v) is 12.4. The highest BCUT2D eigenvalue weighted by Crippen LogP contribution is 2.34. The third kappa shape index (κ3) is 13.6. The molecule has 0 saturated carbocycles. The van der Waals surface area contributed by atoms with Crippen LogP contribution < -0.4 is 52.5 Å². The van der Waals surface area contributed by atoms with Gasteiger partial charge in [0.1, 0.15) is 23.0 Å². The topological polar surface area (TPSA) is 224 Å². The fourth-order valence-corrected chi connectivity index (χ4v) is 4.61. The summed E-state index contributed by atoms with van der Waals surface area (Å²) in [6.07, 6.45) is 1.48. The van der Waals surface area contributed by atoms with Crippen LogP contribution >= 0.6 is 0 Å². The van der Waals surface area contributed by atoms with E-state index in [4.69, 9.17) is 41.9 Å². The molecule has 14 heteroatoms. The molecule has 0 aliphatic carbocycles. The molecule has 0 heterocycles. The predicted octanol–water partition coefficient (Wildman–Crippen LogP) is 5.63. The average Bonchev–Trinajstić information content (AvgIpc) is 3.10. The van der Waals surface area contributed by atoms with Crippen LogP contribution in [0.3, 0.4) is 0 Å². The van der Waals surface area contributed by atoms with Crippen LogP contribution in [-0.4, -0.2) is 51.2 Å². The van der Waals surface area contributed by atoms with Crippen molar-refractivity contribution in [1.82, 2.24) is 0 Å². The van der Waals surface area contributed by atoms with Gasteiger partial charge in [-0.05, 0) is 66.1 Å². The summed E-state index contributed by atoms with van der Waals surface area (Å²) in [6, 6.07) is 13.4. The van der Waals surface area contributed by atoms with Crippen molar-refractivity contribution in [3.63, 3.8) is 0 Å². The highest BCUT2D eigenvalue weighted by Gasteiger charge is 2.24. The lowest BCUT2D eigenvalue weighted by Crippen LogP contribution is -2.22. The molecule has 3 aromatic rings. The normalized spacial score (nSPS) is 10.4. The fraction of sp³-hybridized carbons (Fsp3) is 0.421. The molecule has 284 valence electrons. The first-order valence-corrected chi connectivity index (χ1v) is 17.3. The first-order valence-electron chi connectivity index (χ1n) is 17.3. The first kappa shape index (κ1) is 42.5. The maximum Gasteiger partial charge on any atom is 0.259 e. The van der Waals surface area contributed by atoms with E-state index in [0.29, 0.717) is 47.9 Å². The van der Waals surface area contributed by atoms with Gasteiger partial charge in [-0.3, -0.25) is 9.59 Å². The van der Waals surface area contributed by atoms with Crippen LogP contribution in [0.5, 0.6) is 23.0 Å². The third-order valence-corrected chi connectivity index (χ3v) is 7.39. The zero-order valence-corrected chi connectivity index (χ0v) is 31.7. The maximum absolute atomic E-state index is 14.1. The molecule has 0 aliphatic rings. The SMILES string of the molecule is CC.COc1ccc(CN=C(N)N)cc1NC(=O)c1cc(C(=O)Nc2cc(CN=C(N)N)ccc2OC)c(OCCC(C)C)cc1OCCC(C)C. The van der Waals surface area contributed by atoms with Gasteiger partial charge in [-0.15, -0.1) is 0 Å². The van der Waals surface area contributed by atoms with Crippen LogP contribution in [0.25, 0.3) is 0 Å². The van der Waals surface area contributed by atoms with Gasteiger partial charge in [0.25, 0.3) is 11.8 Å². The zero-order valence-electron chi connectivity index (χ0n) is 31.7. The number of rotatable bonds is 18. The molecule has 0 saturated heterocycles. The summed E-state index contributed by atoms with van der Waals surface area (Å²) in [5.41, 5.74) is 24.5. The summed E-state index contributed by atoms with van der Waals surface area (Å²) in [5, 5.41) is 5.81. The van der Waals surface area contributed by atoms with Gasteiger partial charge in [-0.2, -0.15) is 0 Å². The van der Waals surface area contributed by atoms with Crippen molar-refractivity contribution in [3.8, 4) is 23.0 Å². The zero-order chi connectivity index (χ0) is 38.8. The molecular weight excluding hydrogens is 664 g/mol. The van der Waals surface area contributed by atoms with Crippen LogP contribution in [0.1, 0.15) is 86.2 Å². The number of ether oxygens (including phenoxy) is 4. The lowest BCUT2D eigenvalue weighted by Gasteiger charge is -2.19. The highest BCUT2D eigenvalue weighted by atomic mass is 16.5. The summed E-state index contributed by atoms with van der Waals surface area (Å²) in [7, 11) is 2.99. The number of amides is 2. The quantitative estimate of drug-likeness (QED) is 0.0701. The number of guanidine groups is 2. The van der Waals surface area contributed by atoms with E-state index in [0.717, 1.165) is 24.0 Å². The number of carbonyl (C=O) groups is 2. The Morgan fingerprint density at radius 1 is 0.615 bits per heavy atom. The smallest absolute Gasteiger partial charge is 0.259 e. The monoisotopic (exact) mass is 720 g/mol. The van der Waals surface area contributed by atoms with E-state index in [9.17, 15) is 9.59 Å². The molecule has 10 N–H and O–H groups in total. The Morgan fingerprint density at radius 2 is 1.00 bits per heavy atom. The molecule has 14 nitrogen and oxygen atoms in total. The molecule has 0 radical (unpaired) electrons. The minimum Gasteiger partial charge on any atom is -0.495 e. The standard InChI is InChI=1S/C36H50N8O6.C2H6/c1-21(2)11-13-49-31-18-32(50-14-12-22(3)4)26(34(46)44-28-16-24(20-42-36(39)40)8-10-30(28)48-6)17-25(31)33(45)43-27-15-23(19-41-35(37)38)7-9-29(27)47-5;1-2/h7-10,15-18,21-22H,11-14,19-20H2,1-6H3,(H,43,45)(H,44,46)(H4,37,38,41)(H4,39,40,42);1-2H3. The number of hydrogen-bond donors (Lipinski definition) is 6. The van der Waals surface area contributed by atoms with Gasteiger partial charge in [0.05, 0.1) is 63.0 Å². The van der Waals surface area contributed by atoms with E-state index in [1.165, 1.54) is 20.3 Å². The van der Waals surface area contributed by atoms with Gasteiger partial charge >= 0.3 is 0 Å². The van der Waals surface area contributed by atoms with Gasteiger partial charge < -0.3 is 52.5 Å². The van der Waals surface area contributed by atoms with Gasteiger partial charge in [-0.1, -0.05) is 53.7 Å². The van der Waals surface area contributed by atoms with E-state index in [-0.39, 0.29) is 47.6 Å². The Morgan fingerprint density at radius 3 is 1.33 bits per heavy atom. The Kier molecular flexibility index (Phi) is 17.6. The van der Waals surface area contributed by atoms with Crippen LogP contribution in [0.4, 0.5) is 11.4 Å². The van der Waals surface area contributed by atoms with Crippen molar-refractivity contribution < 1.29 is 28.5 Å². The molecule has 0 fully saturated rings. The minimum atomic E-state index is -0.540. The number of benzene rings is 3. The van der Waals surface area contributed by atoms with Crippen molar-refractivity contribution in [1.29, 1.82) is 0 Å². The second-order valence-electron chi connectivity index (χ2n) is 12.4. The summed E-state index contributed by atoms with van der Waals surface area (Å²) in [6.45, 7) is 13.4. The van der Waals surface area contributed by atoms with Crippen molar-refractivity contribution in [2.75, 3.05) is 38.1 Å². The second kappa shape index (κ2) is 21.5. The minimum absolute atomic E-state index is 0.0609. The Bertz CT molecular complexity index is 1560. The molecule has 0 bridgehead atoms.